The van der Waals surface area contributed by atoms with Gasteiger partial charge in [-0.25, -0.2) is 0 Å². The Bertz CT molecular complexity index is 757. The number of hydrogen-bond donors (Lipinski definition) is 0. The second-order valence-corrected chi connectivity index (χ2v) is 5.78. The monoisotopic (exact) mass is 314 g/mol. The van der Waals surface area contributed by atoms with E-state index in [1.807, 2.05) is 12.1 Å². The van der Waals surface area contributed by atoms with Crippen LogP contribution in [0.1, 0.15) is 35.5 Å². The van der Waals surface area contributed by atoms with E-state index in [-0.39, 0.29) is 28.9 Å². The number of hydrogen-bond acceptors (Lipinski definition) is 5. The first kappa shape index (κ1) is 15.3. The van der Waals surface area contributed by atoms with Crippen molar-refractivity contribution in [2.75, 3.05) is 13.7 Å². The minimum atomic E-state index is -0.368. The maximum Gasteiger partial charge on any atom is 0.290 e. The molecule has 1 aliphatic rings. The number of pyridine rings is 1. The van der Waals surface area contributed by atoms with Crippen molar-refractivity contribution in [1.82, 2.24) is 9.88 Å². The second-order valence-electron chi connectivity index (χ2n) is 5.78. The number of carbonyl (C=O) groups excluding carboxylic acids is 1. The zero-order chi connectivity index (χ0) is 16.4. The van der Waals surface area contributed by atoms with Crippen LogP contribution in [-0.2, 0) is 0 Å². The van der Waals surface area contributed by atoms with E-state index in [2.05, 4.69) is 11.9 Å². The van der Waals surface area contributed by atoms with Gasteiger partial charge in [0.2, 0.25) is 11.2 Å². The van der Waals surface area contributed by atoms with Crippen molar-refractivity contribution in [2.24, 2.45) is 5.92 Å². The third-order valence-corrected chi connectivity index (χ3v) is 4.07. The molecule has 3 rings (SSSR count). The summed E-state index contributed by atoms with van der Waals surface area (Å²) in [5, 5.41) is 0. The molecule has 1 amide bonds. The van der Waals surface area contributed by atoms with Gasteiger partial charge < -0.3 is 14.1 Å². The Labute approximate surface area is 133 Å². The molecular weight excluding hydrogens is 296 g/mol. The molecule has 3 heterocycles. The molecule has 0 N–H and O–H groups in total. The Balaban J connectivity index is 1.91. The van der Waals surface area contributed by atoms with Gasteiger partial charge in [-0.2, -0.15) is 0 Å². The average molecular weight is 314 g/mol. The first-order valence-corrected chi connectivity index (χ1v) is 7.48. The number of amides is 1. The summed E-state index contributed by atoms with van der Waals surface area (Å²) >= 11 is 0. The lowest BCUT2D eigenvalue weighted by atomic mass is 10.0. The molecule has 2 aromatic rings. The van der Waals surface area contributed by atoms with Crippen molar-refractivity contribution < 1.29 is 13.9 Å². The molecule has 23 heavy (non-hydrogen) atoms. The molecule has 1 aliphatic heterocycles. The van der Waals surface area contributed by atoms with Gasteiger partial charge in [-0.1, -0.05) is 13.0 Å². The molecule has 0 unspecified atom stereocenters. The predicted octanol–water partition coefficient (Wildman–Crippen LogP) is 2.27. The third-order valence-electron chi connectivity index (χ3n) is 4.07. The smallest absolute Gasteiger partial charge is 0.290 e. The molecule has 1 fully saturated rings. The summed E-state index contributed by atoms with van der Waals surface area (Å²) in [6.45, 7) is 2.72. The quantitative estimate of drug-likeness (QED) is 0.869. The summed E-state index contributed by atoms with van der Waals surface area (Å²) < 4.78 is 10.2. The van der Waals surface area contributed by atoms with Gasteiger partial charge in [0.15, 0.2) is 5.76 Å². The summed E-state index contributed by atoms with van der Waals surface area (Å²) in [5.74, 6) is 0.191. The fourth-order valence-electron chi connectivity index (χ4n) is 2.96. The summed E-state index contributed by atoms with van der Waals surface area (Å²) in [7, 11) is 1.38. The van der Waals surface area contributed by atoms with Crippen LogP contribution in [0.2, 0.25) is 0 Å². The molecule has 0 radical (unpaired) electrons. The highest BCUT2D eigenvalue weighted by Crippen LogP contribution is 2.35. The Morgan fingerprint density at radius 2 is 2.30 bits per heavy atom. The van der Waals surface area contributed by atoms with Gasteiger partial charge in [0, 0.05) is 25.0 Å². The first-order valence-electron chi connectivity index (χ1n) is 7.48. The SMILES string of the molecule is COc1coc(C(=O)N2C[C@H](C)C[C@@H]2c2cccnc2)cc1=O. The third kappa shape index (κ3) is 2.97. The molecule has 6 heteroatoms. The van der Waals surface area contributed by atoms with E-state index in [1.54, 1.807) is 17.3 Å². The number of rotatable bonds is 3. The van der Waals surface area contributed by atoms with Crippen LogP contribution in [0.15, 0.2) is 46.1 Å². The number of aromatic nitrogens is 1. The second kappa shape index (κ2) is 6.24. The van der Waals surface area contributed by atoms with Crippen molar-refractivity contribution >= 4 is 5.91 Å². The zero-order valence-corrected chi connectivity index (χ0v) is 13.1. The molecule has 0 bridgehead atoms. The van der Waals surface area contributed by atoms with E-state index in [1.165, 1.54) is 19.4 Å². The molecule has 2 aromatic heterocycles. The summed E-state index contributed by atoms with van der Waals surface area (Å²) in [6, 6.07) is 4.94. The van der Waals surface area contributed by atoms with Crippen LogP contribution in [0.3, 0.4) is 0 Å². The maximum absolute atomic E-state index is 12.8. The standard InChI is InChI=1S/C17H18N2O4/c1-11-6-13(12-4-3-5-18-8-12)19(9-11)17(21)15-7-14(20)16(22-2)10-23-15/h3-5,7-8,10-11,13H,6,9H2,1-2H3/t11-,13-/m1/s1. The Kier molecular flexibility index (Phi) is 4.14. The van der Waals surface area contributed by atoms with E-state index in [0.29, 0.717) is 12.5 Å². The predicted molar refractivity (Wildman–Crippen MR) is 83.3 cm³/mol. The molecule has 0 saturated carbocycles. The van der Waals surface area contributed by atoms with Crippen molar-refractivity contribution in [3.05, 3.63) is 58.4 Å². The van der Waals surface area contributed by atoms with E-state index >= 15 is 0 Å². The van der Waals surface area contributed by atoms with Crippen molar-refractivity contribution in [2.45, 2.75) is 19.4 Å². The number of nitrogens with zero attached hydrogens (tertiary/aromatic N) is 2. The molecule has 6 nitrogen and oxygen atoms in total. The lowest BCUT2D eigenvalue weighted by molar-refractivity contribution is 0.0696. The van der Waals surface area contributed by atoms with Crippen molar-refractivity contribution in [3.63, 3.8) is 0 Å². The normalized spacial score (nSPS) is 20.5. The van der Waals surface area contributed by atoms with Gasteiger partial charge >= 0.3 is 0 Å². The van der Waals surface area contributed by atoms with Gasteiger partial charge in [-0.05, 0) is 24.0 Å². The number of methoxy groups -OCH3 is 1. The van der Waals surface area contributed by atoms with Gasteiger partial charge in [0.05, 0.1) is 13.2 Å². The van der Waals surface area contributed by atoms with Gasteiger partial charge in [0.1, 0.15) is 6.26 Å². The topological polar surface area (TPSA) is 72.6 Å². The van der Waals surface area contributed by atoms with Crippen LogP contribution in [0.5, 0.6) is 5.75 Å². The highest BCUT2D eigenvalue weighted by atomic mass is 16.5. The lowest BCUT2D eigenvalue weighted by Crippen LogP contribution is -2.31. The van der Waals surface area contributed by atoms with Crippen molar-refractivity contribution in [3.8, 4) is 5.75 Å². The molecule has 1 saturated heterocycles. The molecule has 0 aliphatic carbocycles. The zero-order valence-electron chi connectivity index (χ0n) is 13.1. The van der Waals surface area contributed by atoms with Crippen LogP contribution in [0, 0.1) is 5.92 Å². The molecule has 0 spiro atoms. The average Bonchev–Trinajstić information content (AvgIpc) is 2.96. The Hall–Kier alpha value is -2.63. The minimum absolute atomic E-state index is 0.0267. The molecule has 120 valence electrons. The van der Waals surface area contributed by atoms with Gasteiger partial charge in [0.25, 0.3) is 5.91 Å². The van der Waals surface area contributed by atoms with E-state index < -0.39 is 0 Å². The molecule has 2 atom stereocenters. The van der Waals surface area contributed by atoms with E-state index in [9.17, 15) is 9.59 Å². The molecular formula is C17H18N2O4. The number of likely N-dealkylation sites (tertiary alicyclic amines) is 1. The number of ether oxygens (including phenoxy) is 1. The van der Waals surface area contributed by atoms with E-state index in [0.717, 1.165) is 12.0 Å². The van der Waals surface area contributed by atoms with E-state index in [4.69, 9.17) is 9.15 Å². The fourth-order valence-corrected chi connectivity index (χ4v) is 2.96. The largest absolute Gasteiger partial charge is 0.490 e. The fraction of sp³-hybridized carbons (Fsp3) is 0.353. The van der Waals surface area contributed by atoms with Gasteiger partial charge in [-0.3, -0.25) is 14.6 Å². The van der Waals surface area contributed by atoms with Crippen LogP contribution in [-0.4, -0.2) is 29.4 Å². The highest BCUT2D eigenvalue weighted by molar-refractivity contribution is 5.92. The molecule has 0 aromatic carbocycles. The number of carbonyl (C=O) groups is 1. The summed E-state index contributed by atoms with van der Waals surface area (Å²) in [5.41, 5.74) is 0.619. The van der Waals surface area contributed by atoms with Crippen LogP contribution in [0.25, 0.3) is 0 Å². The Morgan fingerprint density at radius 1 is 1.48 bits per heavy atom. The Morgan fingerprint density at radius 3 is 2.96 bits per heavy atom. The summed E-state index contributed by atoms with van der Waals surface area (Å²) in [4.78, 5) is 30.5. The lowest BCUT2D eigenvalue weighted by Gasteiger charge is -2.24. The van der Waals surface area contributed by atoms with Gasteiger partial charge in [-0.15, -0.1) is 0 Å². The summed E-state index contributed by atoms with van der Waals surface area (Å²) in [6.07, 6.45) is 5.51. The van der Waals surface area contributed by atoms with Crippen LogP contribution >= 0.6 is 0 Å². The first-order chi connectivity index (χ1) is 11.1. The van der Waals surface area contributed by atoms with Crippen LogP contribution < -0.4 is 10.2 Å². The maximum atomic E-state index is 12.8. The highest BCUT2D eigenvalue weighted by Gasteiger charge is 2.35. The minimum Gasteiger partial charge on any atom is -0.490 e. The van der Waals surface area contributed by atoms with Crippen LogP contribution in [0.4, 0.5) is 0 Å². The van der Waals surface area contributed by atoms with Crippen molar-refractivity contribution in [1.29, 1.82) is 0 Å².